The van der Waals surface area contributed by atoms with Crippen LogP contribution >= 0.6 is 0 Å². The minimum absolute atomic E-state index is 0.0135. The number of hydrogen-bond donors (Lipinski definition) is 3. The van der Waals surface area contributed by atoms with Crippen molar-refractivity contribution in [2.45, 2.75) is 6.23 Å². The summed E-state index contributed by atoms with van der Waals surface area (Å²) in [7, 11) is 0. The monoisotopic (exact) mass is 442 g/mol. The van der Waals surface area contributed by atoms with Crippen LogP contribution in [0.2, 0.25) is 0 Å². The fourth-order valence-electron chi connectivity index (χ4n) is 4.61. The summed E-state index contributed by atoms with van der Waals surface area (Å²) >= 11 is 0. The lowest BCUT2D eigenvalue weighted by atomic mass is 9.97. The van der Waals surface area contributed by atoms with Crippen LogP contribution in [0.3, 0.4) is 0 Å². The number of aliphatic hydroxyl groups is 1. The molecule has 0 spiro atoms. The fourth-order valence-corrected chi connectivity index (χ4v) is 4.61. The number of nitrogens with zero attached hydrogens (tertiary/aromatic N) is 1. The number of aliphatic hydroxyl groups excluding tert-OH is 1. The van der Waals surface area contributed by atoms with Crippen LogP contribution in [0.25, 0.3) is 33.5 Å². The first-order chi connectivity index (χ1) is 16.7. The second-order valence-corrected chi connectivity index (χ2v) is 8.38. The standard InChI is InChI=1S/C30H22N2O2/c33-29-25-26(28(32-29)24-17-13-22(14-18-24)20-9-5-2-6-10-20)30(34)31-27(25)23-15-11-21(12-16-23)19-7-3-1-4-8-19/h1-18,29,31,33-34H. The number of rotatable bonds is 4. The van der Waals surface area contributed by atoms with Gasteiger partial charge in [-0.3, -0.25) is 0 Å². The largest absolute Gasteiger partial charge is 0.494 e. The second kappa shape index (κ2) is 8.18. The first-order valence-electron chi connectivity index (χ1n) is 11.2. The van der Waals surface area contributed by atoms with E-state index >= 15 is 0 Å². The first kappa shape index (κ1) is 20.2. The van der Waals surface area contributed by atoms with Gasteiger partial charge < -0.3 is 15.2 Å². The topological polar surface area (TPSA) is 68.6 Å². The Morgan fingerprint density at radius 1 is 0.559 bits per heavy atom. The van der Waals surface area contributed by atoms with Gasteiger partial charge in [-0.25, -0.2) is 4.99 Å². The average molecular weight is 443 g/mol. The minimum Gasteiger partial charge on any atom is -0.494 e. The molecule has 1 aliphatic heterocycles. The number of benzene rings is 4. The molecular weight excluding hydrogens is 420 g/mol. The molecule has 1 aliphatic rings. The Bertz CT molecular complexity index is 1480. The Morgan fingerprint density at radius 2 is 1.00 bits per heavy atom. The van der Waals surface area contributed by atoms with Crippen molar-refractivity contribution in [3.05, 3.63) is 126 Å². The summed E-state index contributed by atoms with van der Waals surface area (Å²) in [5.74, 6) is 0.0135. The molecule has 5 aromatic rings. The highest BCUT2D eigenvalue weighted by Crippen LogP contribution is 2.43. The maximum Gasteiger partial charge on any atom is 0.198 e. The summed E-state index contributed by atoms with van der Waals surface area (Å²) in [6, 6.07) is 36.4. The molecule has 0 fully saturated rings. The predicted octanol–water partition coefficient (Wildman–Crippen LogP) is 6.56. The molecule has 4 aromatic carbocycles. The highest BCUT2D eigenvalue weighted by molar-refractivity contribution is 6.18. The SMILES string of the molecule is Oc1[nH]c(-c2ccc(-c3ccccc3)cc2)c2c1C(c1ccc(-c3ccccc3)cc1)=NC2O. The molecule has 4 heteroatoms. The van der Waals surface area contributed by atoms with Crippen LogP contribution in [0.15, 0.2) is 114 Å². The van der Waals surface area contributed by atoms with Gasteiger partial charge in [-0.2, -0.15) is 0 Å². The average Bonchev–Trinajstić information content (AvgIpc) is 3.43. The van der Waals surface area contributed by atoms with Crippen molar-refractivity contribution in [2.75, 3.05) is 0 Å². The number of fused-ring (bicyclic) bond motifs is 1. The Hall–Kier alpha value is -4.41. The van der Waals surface area contributed by atoms with Crippen molar-refractivity contribution < 1.29 is 10.2 Å². The summed E-state index contributed by atoms with van der Waals surface area (Å²) in [6.07, 6.45) is -1.04. The van der Waals surface area contributed by atoms with Gasteiger partial charge in [0.15, 0.2) is 12.1 Å². The van der Waals surface area contributed by atoms with E-state index in [1.54, 1.807) is 0 Å². The quantitative estimate of drug-likeness (QED) is 0.295. The number of aliphatic imine (C=N–C) groups is 1. The molecule has 0 bridgehead atoms. The van der Waals surface area contributed by atoms with E-state index in [1.807, 2.05) is 84.9 Å². The summed E-state index contributed by atoms with van der Waals surface area (Å²) in [5.41, 5.74) is 8.63. The number of nitrogens with one attached hydrogen (secondary N) is 1. The summed E-state index contributed by atoms with van der Waals surface area (Å²) in [5, 5.41) is 21.6. The van der Waals surface area contributed by atoms with Crippen molar-refractivity contribution in [1.29, 1.82) is 0 Å². The Morgan fingerprint density at radius 3 is 1.53 bits per heavy atom. The normalized spacial score (nSPS) is 14.6. The van der Waals surface area contributed by atoms with Gasteiger partial charge in [0.2, 0.25) is 0 Å². The van der Waals surface area contributed by atoms with E-state index in [4.69, 9.17) is 0 Å². The van der Waals surface area contributed by atoms with Crippen LogP contribution in [0.4, 0.5) is 0 Å². The molecule has 0 amide bonds. The number of aromatic nitrogens is 1. The summed E-state index contributed by atoms with van der Waals surface area (Å²) in [4.78, 5) is 7.57. The van der Waals surface area contributed by atoms with Gasteiger partial charge in [-0.15, -0.1) is 0 Å². The highest BCUT2D eigenvalue weighted by atomic mass is 16.3. The van der Waals surface area contributed by atoms with Crippen LogP contribution in [-0.2, 0) is 0 Å². The van der Waals surface area contributed by atoms with Crippen LogP contribution in [-0.4, -0.2) is 20.9 Å². The molecule has 34 heavy (non-hydrogen) atoms. The van der Waals surface area contributed by atoms with Gasteiger partial charge in [0.1, 0.15) is 0 Å². The van der Waals surface area contributed by atoms with Crippen molar-refractivity contribution in [3.63, 3.8) is 0 Å². The van der Waals surface area contributed by atoms with Crippen molar-refractivity contribution in [3.8, 4) is 39.4 Å². The van der Waals surface area contributed by atoms with Crippen LogP contribution in [0.5, 0.6) is 5.88 Å². The Balaban J connectivity index is 1.34. The molecule has 3 N–H and O–H groups in total. The van der Waals surface area contributed by atoms with Crippen LogP contribution < -0.4 is 0 Å². The molecule has 164 valence electrons. The van der Waals surface area contributed by atoms with E-state index in [0.29, 0.717) is 22.5 Å². The lowest BCUT2D eigenvalue weighted by Gasteiger charge is -2.07. The van der Waals surface area contributed by atoms with Crippen molar-refractivity contribution >= 4 is 5.71 Å². The number of hydrogen-bond acceptors (Lipinski definition) is 3. The molecule has 0 saturated carbocycles. The number of aromatic hydroxyl groups is 1. The maximum absolute atomic E-state index is 10.8. The second-order valence-electron chi connectivity index (χ2n) is 8.38. The zero-order valence-electron chi connectivity index (χ0n) is 18.3. The van der Waals surface area contributed by atoms with Crippen LogP contribution in [0.1, 0.15) is 22.9 Å². The third-order valence-electron chi connectivity index (χ3n) is 6.31. The van der Waals surface area contributed by atoms with Gasteiger partial charge in [-0.1, -0.05) is 109 Å². The Labute approximate surface area is 197 Å². The lowest BCUT2D eigenvalue weighted by Crippen LogP contribution is -1.99. The highest BCUT2D eigenvalue weighted by Gasteiger charge is 2.33. The van der Waals surface area contributed by atoms with E-state index in [9.17, 15) is 10.2 Å². The smallest absolute Gasteiger partial charge is 0.198 e. The summed E-state index contributed by atoms with van der Waals surface area (Å²) < 4.78 is 0. The van der Waals surface area contributed by atoms with Gasteiger partial charge >= 0.3 is 0 Å². The van der Waals surface area contributed by atoms with E-state index < -0.39 is 6.23 Å². The van der Waals surface area contributed by atoms with Gasteiger partial charge in [0.05, 0.1) is 17.0 Å². The zero-order valence-corrected chi connectivity index (χ0v) is 18.3. The summed E-state index contributed by atoms with van der Waals surface area (Å²) in [6.45, 7) is 0. The fraction of sp³-hybridized carbons (Fsp3) is 0.0333. The van der Waals surface area contributed by atoms with E-state index in [-0.39, 0.29) is 5.88 Å². The maximum atomic E-state index is 10.8. The van der Waals surface area contributed by atoms with Crippen molar-refractivity contribution in [1.82, 2.24) is 4.98 Å². The van der Waals surface area contributed by atoms with E-state index in [0.717, 1.165) is 33.4 Å². The molecule has 1 unspecified atom stereocenters. The first-order valence-corrected chi connectivity index (χ1v) is 11.2. The minimum atomic E-state index is -1.04. The molecule has 6 rings (SSSR count). The molecular formula is C30H22N2O2. The van der Waals surface area contributed by atoms with Gasteiger partial charge in [0.25, 0.3) is 0 Å². The molecule has 0 saturated heterocycles. The number of H-pyrrole nitrogens is 1. The lowest BCUT2D eigenvalue weighted by molar-refractivity contribution is 0.193. The molecule has 2 heterocycles. The third kappa shape index (κ3) is 3.41. The number of aromatic amines is 1. The van der Waals surface area contributed by atoms with Gasteiger partial charge in [0, 0.05) is 11.1 Å². The molecule has 0 aliphatic carbocycles. The van der Waals surface area contributed by atoms with E-state index in [2.05, 4.69) is 34.2 Å². The van der Waals surface area contributed by atoms with Crippen molar-refractivity contribution in [2.24, 2.45) is 4.99 Å². The molecule has 4 nitrogen and oxygen atoms in total. The zero-order chi connectivity index (χ0) is 23.1. The Kier molecular flexibility index (Phi) is 4.86. The van der Waals surface area contributed by atoms with Gasteiger partial charge in [-0.05, 0) is 27.8 Å². The predicted molar refractivity (Wildman–Crippen MR) is 136 cm³/mol. The molecule has 0 radical (unpaired) electrons. The molecule has 1 aromatic heterocycles. The third-order valence-corrected chi connectivity index (χ3v) is 6.31. The van der Waals surface area contributed by atoms with E-state index in [1.165, 1.54) is 0 Å². The van der Waals surface area contributed by atoms with Crippen LogP contribution in [0, 0.1) is 0 Å². The molecule has 1 atom stereocenters.